The van der Waals surface area contributed by atoms with Crippen LogP contribution in [0.25, 0.3) is 0 Å². The highest BCUT2D eigenvalue weighted by Crippen LogP contribution is 2.32. The molecule has 6 unspecified atom stereocenters. The van der Waals surface area contributed by atoms with Gasteiger partial charge in [0.25, 0.3) is 0 Å². The largest absolute Gasteiger partial charge is 0.225 e. The van der Waals surface area contributed by atoms with Gasteiger partial charge in [-0.15, -0.1) is 0 Å². The Kier molecular flexibility index (Phi) is 6.96. The van der Waals surface area contributed by atoms with Gasteiger partial charge in [0, 0.05) is 24.2 Å². The SMILES string of the molecule is CCC(C)C1C(C)C(C)N(C(C)CC)NN1C(C)CC. The Bertz CT molecular complexity index is 281. The summed E-state index contributed by atoms with van der Waals surface area (Å²) in [6.45, 7) is 18.8. The minimum Gasteiger partial charge on any atom is -0.225 e. The lowest BCUT2D eigenvalue weighted by molar-refractivity contribution is -0.158. The topological polar surface area (TPSA) is 18.5 Å². The predicted octanol–water partition coefficient (Wildman–Crippen LogP) is 4.06. The molecule has 0 spiro atoms. The zero-order valence-corrected chi connectivity index (χ0v) is 15.0. The third-order valence-corrected chi connectivity index (χ3v) is 5.65. The Morgan fingerprint density at radius 3 is 1.80 bits per heavy atom. The van der Waals surface area contributed by atoms with Gasteiger partial charge in [0.15, 0.2) is 0 Å². The monoisotopic (exact) mass is 283 g/mol. The number of nitrogens with one attached hydrogen (secondary N) is 1. The van der Waals surface area contributed by atoms with Crippen LogP contribution in [0.3, 0.4) is 0 Å². The molecule has 120 valence electrons. The van der Waals surface area contributed by atoms with E-state index in [-0.39, 0.29) is 0 Å². The van der Waals surface area contributed by atoms with E-state index in [4.69, 9.17) is 0 Å². The van der Waals surface area contributed by atoms with E-state index < -0.39 is 0 Å². The molecule has 0 radical (unpaired) electrons. The molecular weight excluding hydrogens is 246 g/mol. The molecule has 1 N–H and O–H groups in total. The van der Waals surface area contributed by atoms with Crippen LogP contribution in [0.15, 0.2) is 0 Å². The summed E-state index contributed by atoms with van der Waals surface area (Å²) in [6, 6.07) is 2.38. The van der Waals surface area contributed by atoms with Crippen molar-refractivity contribution in [3.8, 4) is 0 Å². The van der Waals surface area contributed by atoms with Crippen LogP contribution in [-0.2, 0) is 0 Å². The first-order chi connectivity index (χ1) is 9.38. The Balaban J connectivity index is 3.01. The van der Waals surface area contributed by atoms with Crippen LogP contribution < -0.4 is 5.53 Å². The lowest BCUT2D eigenvalue weighted by atomic mass is 9.82. The second-order valence-electron chi connectivity index (χ2n) is 6.90. The van der Waals surface area contributed by atoms with Crippen LogP contribution in [0.2, 0.25) is 0 Å². The van der Waals surface area contributed by atoms with Crippen molar-refractivity contribution < 1.29 is 0 Å². The number of hydrogen-bond acceptors (Lipinski definition) is 3. The Labute approximate surface area is 127 Å². The molecule has 20 heavy (non-hydrogen) atoms. The smallest absolute Gasteiger partial charge is 0.0326 e. The number of hydrazine groups is 2. The van der Waals surface area contributed by atoms with Crippen molar-refractivity contribution in [2.45, 2.75) is 98.8 Å². The highest BCUT2D eigenvalue weighted by molar-refractivity contribution is 4.91. The van der Waals surface area contributed by atoms with Crippen molar-refractivity contribution in [1.82, 2.24) is 15.6 Å². The third kappa shape index (κ3) is 3.55. The van der Waals surface area contributed by atoms with E-state index in [1.165, 1.54) is 19.3 Å². The summed E-state index contributed by atoms with van der Waals surface area (Å²) >= 11 is 0. The van der Waals surface area contributed by atoms with Gasteiger partial charge in [0.1, 0.15) is 0 Å². The van der Waals surface area contributed by atoms with E-state index in [1.54, 1.807) is 0 Å². The van der Waals surface area contributed by atoms with E-state index >= 15 is 0 Å². The van der Waals surface area contributed by atoms with Crippen molar-refractivity contribution in [2.24, 2.45) is 11.8 Å². The minimum atomic E-state index is 0.579. The van der Waals surface area contributed by atoms with Crippen molar-refractivity contribution in [3.05, 3.63) is 0 Å². The second kappa shape index (κ2) is 7.77. The van der Waals surface area contributed by atoms with Gasteiger partial charge in [-0.25, -0.2) is 10.0 Å². The molecule has 0 saturated carbocycles. The highest BCUT2D eigenvalue weighted by atomic mass is 15.8. The normalized spacial score (nSPS) is 33.9. The molecule has 6 atom stereocenters. The average Bonchev–Trinajstić information content (AvgIpc) is 2.47. The van der Waals surface area contributed by atoms with Crippen molar-refractivity contribution in [1.29, 1.82) is 0 Å². The van der Waals surface area contributed by atoms with Crippen molar-refractivity contribution in [2.75, 3.05) is 0 Å². The number of hydrogen-bond donors (Lipinski definition) is 1. The van der Waals surface area contributed by atoms with E-state index in [1.807, 2.05) is 0 Å². The first-order valence-corrected chi connectivity index (χ1v) is 8.71. The fourth-order valence-corrected chi connectivity index (χ4v) is 3.40. The maximum Gasteiger partial charge on any atom is 0.0326 e. The van der Waals surface area contributed by atoms with Gasteiger partial charge in [-0.1, -0.05) is 41.0 Å². The molecular formula is C17H37N3. The summed E-state index contributed by atoms with van der Waals surface area (Å²) in [6.07, 6.45) is 3.63. The summed E-state index contributed by atoms with van der Waals surface area (Å²) in [5, 5.41) is 5.03. The molecule has 3 nitrogen and oxygen atoms in total. The summed E-state index contributed by atoms with van der Waals surface area (Å²) < 4.78 is 0. The Morgan fingerprint density at radius 1 is 0.850 bits per heavy atom. The molecule has 1 heterocycles. The third-order valence-electron chi connectivity index (χ3n) is 5.65. The Hall–Kier alpha value is -0.120. The molecule has 0 amide bonds. The van der Waals surface area contributed by atoms with Crippen LogP contribution in [-0.4, -0.2) is 34.2 Å². The van der Waals surface area contributed by atoms with Gasteiger partial charge < -0.3 is 0 Å². The molecule has 1 saturated heterocycles. The van der Waals surface area contributed by atoms with Crippen molar-refractivity contribution in [3.63, 3.8) is 0 Å². The first kappa shape index (κ1) is 17.9. The lowest BCUT2D eigenvalue weighted by Crippen LogP contribution is -2.71. The van der Waals surface area contributed by atoms with Gasteiger partial charge >= 0.3 is 0 Å². The van der Waals surface area contributed by atoms with Crippen LogP contribution in [0, 0.1) is 11.8 Å². The van der Waals surface area contributed by atoms with E-state index in [0.717, 1.165) is 5.92 Å². The van der Waals surface area contributed by atoms with E-state index in [2.05, 4.69) is 70.9 Å². The molecule has 0 aromatic rings. The maximum absolute atomic E-state index is 3.77. The van der Waals surface area contributed by atoms with Crippen LogP contribution in [0.1, 0.15) is 74.7 Å². The molecule has 0 aliphatic carbocycles. The van der Waals surface area contributed by atoms with Gasteiger partial charge in [-0.2, -0.15) is 5.53 Å². The molecule has 1 fully saturated rings. The zero-order chi connectivity index (χ0) is 15.4. The molecule has 3 heteroatoms. The molecule has 1 aliphatic heterocycles. The lowest BCUT2D eigenvalue weighted by Gasteiger charge is -2.55. The maximum atomic E-state index is 3.77. The van der Waals surface area contributed by atoms with Gasteiger partial charge in [0.05, 0.1) is 0 Å². The van der Waals surface area contributed by atoms with Crippen LogP contribution in [0.4, 0.5) is 0 Å². The van der Waals surface area contributed by atoms with Crippen molar-refractivity contribution >= 4 is 0 Å². The van der Waals surface area contributed by atoms with Crippen LogP contribution >= 0.6 is 0 Å². The van der Waals surface area contributed by atoms with Gasteiger partial charge in [-0.05, 0) is 45.4 Å². The molecule has 0 aromatic heterocycles. The quantitative estimate of drug-likeness (QED) is 0.793. The number of rotatable bonds is 6. The summed E-state index contributed by atoms with van der Waals surface area (Å²) in [7, 11) is 0. The van der Waals surface area contributed by atoms with Crippen LogP contribution in [0.5, 0.6) is 0 Å². The standard InChI is InChI=1S/C17H37N3/c1-9-12(4)17-15(7)16(8)19(13(5)10-2)18-20(17)14(6)11-3/h12-18H,9-11H2,1-8H3. The fourth-order valence-electron chi connectivity index (χ4n) is 3.40. The summed E-state index contributed by atoms with van der Waals surface area (Å²) in [5.74, 6) is 1.42. The predicted molar refractivity (Wildman–Crippen MR) is 88.2 cm³/mol. The van der Waals surface area contributed by atoms with E-state index in [0.29, 0.717) is 30.1 Å². The fraction of sp³-hybridized carbons (Fsp3) is 1.00. The van der Waals surface area contributed by atoms with E-state index in [9.17, 15) is 0 Å². The van der Waals surface area contributed by atoms with Gasteiger partial charge in [0.2, 0.25) is 0 Å². The number of nitrogens with zero attached hydrogens (tertiary/aromatic N) is 2. The second-order valence-corrected chi connectivity index (χ2v) is 6.90. The molecule has 1 rings (SSSR count). The molecule has 0 aromatic carbocycles. The molecule has 0 bridgehead atoms. The average molecular weight is 284 g/mol. The highest BCUT2D eigenvalue weighted by Gasteiger charge is 2.42. The zero-order valence-electron chi connectivity index (χ0n) is 15.0. The first-order valence-electron chi connectivity index (χ1n) is 8.71. The molecule has 1 aliphatic rings. The van der Waals surface area contributed by atoms with Gasteiger partial charge in [-0.3, -0.25) is 0 Å². The summed E-state index contributed by atoms with van der Waals surface area (Å²) in [5.41, 5.74) is 3.77. The minimum absolute atomic E-state index is 0.579. The summed E-state index contributed by atoms with van der Waals surface area (Å²) in [4.78, 5) is 0. The Morgan fingerprint density at radius 2 is 1.35 bits per heavy atom.